The second-order valence-electron chi connectivity index (χ2n) is 14.6. The van der Waals surface area contributed by atoms with Crippen molar-refractivity contribution >= 4 is 37.3 Å². The molecule has 0 aliphatic heterocycles. The molecule has 14 heteroatoms. The Labute approximate surface area is 315 Å². The molecule has 2 saturated carbocycles. The molecule has 0 aromatic heterocycles. The lowest BCUT2D eigenvalue weighted by Gasteiger charge is -2.40. The fraction of sp³-hybridized carbons (Fsp3) is 0.463. The molecule has 0 saturated heterocycles. The summed E-state index contributed by atoms with van der Waals surface area (Å²) in [4.78, 5) is 0. The van der Waals surface area contributed by atoms with E-state index in [2.05, 4.69) is 6.07 Å². The van der Waals surface area contributed by atoms with Crippen molar-refractivity contribution in [3.63, 3.8) is 0 Å². The highest BCUT2D eigenvalue weighted by atomic mass is 31.1. The van der Waals surface area contributed by atoms with E-state index in [1.807, 2.05) is 24.3 Å². The molecule has 0 nitrogen and oxygen atoms in total. The van der Waals surface area contributed by atoms with Crippen LogP contribution < -0.4 is 15.9 Å². The minimum atomic E-state index is -5.29. The Balaban J connectivity index is 1.58. The Kier molecular flexibility index (Phi) is 12.3. The van der Waals surface area contributed by atoms with Crippen molar-refractivity contribution in [2.45, 2.75) is 119 Å². The quantitative estimate of drug-likeness (QED) is 0.157. The van der Waals surface area contributed by atoms with Crippen molar-refractivity contribution < 1.29 is 52.7 Å². The summed E-state index contributed by atoms with van der Waals surface area (Å²) in [5.74, 6) is 0. The van der Waals surface area contributed by atoms with Gasteiger partial charge in [0.05, 0.1) is 22.3 Å². The molecule has 3 aromatic carbocycles. The van der Waals surface area contributed by atoms with Crippen molar-refractivity contribution in [2.24, 2.45) is 0 Å². The lowest BCUT2D eigenvalue weighted by Crippen LogP contribution is -2.28. The lowest BCUT2D eigenvalue weighted by molar-refractivity contribution is -0.144. The maximum absolute atomic E-state index is 14.2. The molecule has 0 spiro atoms. The van der Waals surface area contributed by atoms with Crippen molar-refractivity contribution in [1.82, 2.24) is 0 Å². The molecule has 3 aliphatic rings. The number of halogens is 12. The van der Waals surface area contributed by atoms with Gasteiger partial charge in [0.2, 0.25) is 0 Å². The number of hydrogen-bond acceptors (Lipinski definition) is 0. The van der Waals surface area contributed by atoms with Crippen LogP contribution in [0, 0.1) is 0 Å². The van der Waals surface area contributed by atoms with Gasteiger partial charge in [-0.2, -0.15) is 52.7 Å². The number of rotatable bonds is 8. The molecule has 0 unspecified atom stereocenters. The molecule has 2 fully saturated rings. The summed E-state index contributed by atoms with van der Waals surface area (Å²) in [6, 6.07) is 9.41. The Hall–Kier alpha value is -2.84. The summed E-state index contributed by atoms with van der Waals surface area (Å²) in [6.45, 7) is 1.49. The molecule has 3 aromatic rings. The molecule has 0 radical (unpaired) electrons. The van der Waals surface area contributed by atoms with E-state index >= 15 is 0 Å². The van der Waals surface area contributed by atoms with Crippen molar-refractivity contribution in [1.29, 1.82) is 0 Å². The van der Waals surface area contributed by atoms with E-state index in [9.17, 15) is 52.7 Å². The minimum absolute atomic E-state index is 0.0914. The van der Waals surface area contributed by atoms with Gasteiger partial charge >= 0.3 is 24.7 Å². The summed E-state index contributed by atoms with van der Waals surface area (Å²) in [7, 11) is -3.44. The summed E-state index contributed by atoms with van der Waals surface area (Å²) in [6.07, 6.45) is -6.32. The first-order chi connectivity index (χ1) is 25.7. The van der Waals surface area contributed by atoms with E-state index < -0.39 is 79.1 Å². The largest absolute Gasteiger partial charge is 0.416 e. The van der Waals surface area contributed by atoms with Crippen LogP contribution in [0.3, 0.4) is 0 Å². The van der Waals surface area contributed by atoms with Gasteiger partial charge in [-0.15, -0.1) is 0 Å². The Morgan fingerprint density at radius 2 is 0.945 bits per heavy atom. The second-order valence-corrected chi connectivity index (χ2v) is 19.9. The number of hydrogen-bond donors (Lipinski definition) is 0. The van der Waals surface area contributed by atoms with Gasteiger partial charge in [0.1, 0.15) is 0 Å². The predicted octanol–water partition coefficient (Wildman–Crippen LogP) is 13.8. The third-order valence-corrected chi connectivity index (χ3v) is 17.2. The van der Waals surface area contributed by atoms with E-state index in [-0.39, 0.29) is 18.6 Å². The number of alkyl halides is 12. The lowest BCUT2D eigenvalue weighted by atomic mass is 9.99. The zero-order valence-electron chi connectivity index (χ0n) is 29.9. The van der Waals surface area contributed by atoms with Crippen LogP contribution in [0.4, 0.5) is 52.7 Å². The SMILES string of the molecule is C[C@H](C1=C(c2ccccc2P(C2CCCCC2)C2CCCCC2)C=CC1)P(c1cc(C(F)(F)F)cc(C(F)(F)F)c1)c1cc(C(F)(F)F)cc(C(F)(F)F)c1. The van der Waals surface area contributed by atoms with Gasteiger partial charge in [0.15, 0.2) is 0 Å². The van der Waals surface area contributed by atoms with E-state index in [1.165, 1.54) is 6.92 Å². The molecular formula is C41H40F12P2. The Morgan fingerprint density at radius 1 is 0.545 bits per heavy atom. The van der Waals surface area contributed by atoms with Crippen molar-refractivity contribution in [2.75, 3.05) is 0 Å². The highest BCUT2D eigenvalue weighted by Crippen LogP contribution is 2.57. The molecular weight excluding hydrogens is 782 g/mol. The van der Waals surface area contributed by atoms with Crippen LogP contribution in [0.25, 0.3) is 5.57 Å². The first-order valence-corrected chi connectivity index (χ1v) is 21.3. The van der Waals surface area contributed by atoms with Crippen molar-refractivity contribution in [3.8, 4) is 0 Å². The molecule has 298 valence electrons. The van der Waals surface area contributed by atoms with Crippen LogP contribution in [-0.2, 0) is 24.7 Å². The third kappa shape index (κ3) is 9.49. The zero-order chi connectivity index (χ0) is 39.9. The normalized spacial score (nSPS) is 18.9. The van der Waals surface area contributed by atoms with Crippen LogP contribution in [0.1, 0.15) is 105 Å². The standard InChI is InChI=1S/C41H40F12P2/c1-25(34-16-10-17-35(34)36-15-8-9-18-37(36)55(30-11-4-2-5-12-30)31-13-6-3-7-14-31)54(32-21-26(38(42,43)44)19-27(22-32)39(45,46)47)33-23-28(40(48,49)50)20-29(24-33)41(51,52)53/h8-10,15,17-25,30-31H,2-7,11-14,16H2,1H3/t25-/m1/s1. The topological polar surface area (TPSA) is 0 Å². The highest BCUT2D eigenvalue weighted by molar-refractivity contribution is 7.73. The van der Waals surface area contributed by atoms with Gasteiger partial charge in [0, 0.05) is 5.66 Å². The first kappa shape index (κ1) is 41.8. The predicted molar refractivity (Wildman–Crippen MR) is 196 cm³/mol. The summed E-state index contributed by atoms with van der Waals surface area (Å²) >= 11 is 0. The first-order valence-electron chi connectivity index (χ1n) is 18.4. The molecule has 0 heterocycles. The Morgan fingerprint density at radius 3 is 1.35 bits per heavy atom. The van der Waals surface area contributed by atoms with E-state index in [1.54, 1.807) is 6.08 Å². The van der Waals surface area contributed by atoms with Crippen LogP contribution in [0.15, 0.2) is 78.4 Å². The van der Waals surface area contributed by atoms with Gasteiger partial charge in [-0.05, 0) is 115 Å². The van der Waals surface area contributed by atoms with Crippen LogP contribution in [-0.4, -0.2) is 17.0 Å². The van der Waals surface area contributed by atoms with Gasteiger partial charge in [-0.1, -0.05) is 95.4 Å². The van der Waals surface area contributed by atoms with Crippen molar-refractivity contribution in [3.05, 3.63) is 106 Å². The van der Waals surface area contributed by atoms with Gasteiger partial charge in [0.25, 0.3) is 0 Å². The second kappa shape index (κ2) is 16.2. The fourth-order valence-corrected chi connectivity index (χ4v) is 15.2. The van der Waals surface area contributed by atoms with Crippen LogP contribution in [0.5, 0.6) is 0 Å². The van der Waals surface area contributed by atoms with E-state index in [4.69, 9.17) is 0 Å². The smallest absolute Gasteiger partial charge is 0.166 e. The number of benzene rings is 3. The molecule has 0 amide bonds. The summed E-state index contributed by atoms with van der Waals surface area (Å²) < 4.78 is 170. The third-order valence-electron chi connectivity index (χ3n) is 11.0. The van der Waals surface area contributed by atoms with Gasteiger partial charge in [-0.25, -0.2) is 0 Å². The van der Waals surface area contributed by atoms with E-state index in [0.717, 1.165) is 75.1 Å². The van der Waals surface area contributed by atoms with Crippen LogP contribution in [0.2, 0.25) is 0 Å². The average Bonchev–Trinajstić information content (AvgIpc) is 3.61. The zero-order valence-corrected chi connectivity index (χ0v) is 31.7. The average molecular weight is 823 g/mol. The highest BCUT2D eigenvalue weighted by Gasteiger charge is 2.42. The maximum Gasteiger partial charge on any atom is 0.416 e. The van der Waals surface area contributed by atoms with Gasteiger partial charge < -0.3 is 0 Å². The Bertz CT molecular complexity index is 1730. The maximum atomic E-state index is 14.2. The fourth-order valence-electron chi connectivity index (χ4n) is 8.42. The number of allylic oxidation sites excluding steroid dienone is 4. The van der Waals surface area contributed by atoms with Crippen LogP contribution >= 0.6 is 15.8 Å². The van der Waals surface area contributed by atoms with Gasteiger partial charge in [-0.3, -0.25) is 0 Å². The molecule has 0 bridgehead atoms. The van der Waals surface area contributed by atoms with E-state index in [0.29, 0.717) is 46.7 Å². The molecule has 1 atom stereocenters. The monoisotopic (exact) mass is 822 g/mol. The molecule has 3 aliphatic carbocycles. The molecule has 6 rings (SSSR count). The summed E-state index contributed by atoms with van der Waals surface area (Å²) in [5, 5.41) is -0.115. The molecule has 0 N–H and O–H groups in total. The summed E-state index contributed by atoms with van der Waals surface area (Å²) in [5.41, 5.74) is -4.87. The minimum Gasteiger partial charge on any atom is -0.166 e. The molecule has 55 heavy (non-hydrogen) atoms.